The Morgan fingerprint density at radius 2 is 2.12 bits per heavy atom. The molecule has 0 aliphatic carbocycles. The third-order valence-corrected chi connectivity index (χ3v) is 5.85. The molecule has 2 saturated heterocycles. The van der Waals surface area contributed by atoms with Gasteiger partial charge in [0.05, 0.1) is 6.54 Å². The number of pyridine rings is 1. The van der Waals surface area contributed by atoms with Gasteiger partial charge in [-0.15, -0.1) is 0 Å². The quantitative estimate of drug-likeness (QED) is 0.823. The Morgan fingerprint density at radius 3 is 2.88 bits per heavy atom. The minimum atomic E-state index is 0.319. The van der Waals surface area contributed by atoms with E-state index in [1.807, 2.05) is 43.8 Å². The Balaban J connectivity index is 1.38. The van der Waals surface area contributed by atoms with Crippen LogP contribution in [0.5, 0.6) is 0 Å². The van der Waals surface area contributed by atoms with E-state index in [1.165, 1.54) is 0 Å². The van der Waals surface area contributed by atoms with Gasteiger partial charge >= 0.3 is 0 Å². The SMILES string of the molecule is Cn1ccnc1CN1CC[C@@H]2[C@@H](CCC(=O)N2CCc2ccccn2)C1. The van der Waals surface area contributed by atoms with Gasteiger partial charge in [0.1, 0.15) is 5.82 Å². The molecule has 0 unspecified atom stereocenters. The third-order valence-electron chi connectivity index (χ3n) is 5.85. The summed E-state index contributed by atoms with van der Waals surface area (Å²) in [4.78, 5) is 26.0. The lowest BCUT2D eigenvalue weighted by Gasteiger charge is -2.47. The van der Waals surface area contributed by atoms with Crippen molar-refractivity contribution in [3.63, 3.8) is 0 Å². The molecule has 138 valence electrons. The summed E-state index contributed by atoms with van der Waals surface area (Å²) in [6, 6.07) is 6.38. The molecule has 0 radical (unpaired) electrons. The molecule has 2 atom stereocenters. The van der Waals surface area contributed by atoms with Crippen LogP contribution < -0.4 is 0 Å². The number of hydrogen-bond donors (Lipinski definition) is 0. The smallest absolute Gasteiger partial charge is 0.222 e. The highest BCUT2D eigenvalue weighted by molar-refractivity contribution is 5.77. The molecule has 26 heavy (non-hydrogen) atoms. The van der Waals surface area contributed by atoms with Gasteiger partial charge in [-0.05, 0) is 30.9 Å². The number of likely N-dealkylation sites (tertiary alicyclic amines) is 2. The molecular formula is C20H27N5O. The minimum absolute atomic E-state index is 0.319. The van der Waals surface area contributed by atoms with Crippen molar-refractivity contribution in [3.8, 4) is 0 Å². The Hall–Kier alpha value is -2.21. The van der Waals surface area contributed by atoms with Crippen molar-refractivity contribution >= 4 is 5.91 Å². The summed E-state index contributed by atoms with van der Waals surface area (Å²) >= 11 is 0. The summed E-state index contributed by atoms with van der Waals surface area (Å²) in [5.41, 5.74) is 1.06. The van der Waals surface area contributed by atoms with Crippen molar-refractivity contribution in [2.45, 2.75) is 38.3 Å². The minimum Gasteiger partial charge on any atom is -0.339 e. The number of amides is 1. The molecule has 2 aromatic rings. The van der Waals surface area contributed by atoms with E-state index in [1.54, 1.807) is 0 Å². The normalized spacial score (nSPS) is 23.9. The van der Waals surface area contributed by atoms with Crippen molar-refractivity contribution in [1.29, 1.82) is 0 Å². The number of piperidine rings is 2. The zero-order chi connectivity index (χ0) is 17.9. The van der Waals surface area contributed by atoms with E-state index in [4.69, 9.17) is 0 Å². The number of rotatable bonds is 5. The van der Waals surface area contributed by atoms with Crippen LogP contribution in [0.3, 0.4) is 0 Å². The fraction of sp³-hybridized carbons (Fsp3) is 0.550. The van der Waals surface area contributed by atoms with Crippen molar-refractivity contribution in [1.82, 2.24) is 24.3 Å². The Morgan fingerprint density at radius 1 is 1.19 bits per heavy atom. The first-order valence-electron chi connectivity index (χ1n) is 9.58. The highest BCUT2D eigenvalue weighted by atomic mass is 16.2. The molecule has 0 aromatic carbocycles. The molecule has 2 aliphatic heterocycles. The van der Waals surface area contributed by atoms with Crippen molar-refractivity contribution < 1.29 is 4.79 Å². The van der Waals surface area contributed by atoms with Gasteiger partial charge in [0.25, 0.3) is 0 Å². The lowest BCUT2D eigenvalue weighted by Crippen LogP contribution is -2.56. The number of carbonyl (C=O) groups excluding carboxylic acids is 1. The van der Waals surface area contributed by atoms with Gasteiger partial charge in [-0.3, -0.25) is 14.7 Å². The second-order valence-electron chi connectivity index (χ2n) is 7.50. The van der Waals surface area contributed by atoms with Gasteiger partial charge in [0.15, 0.2) is 0 Å². The van der Waals surface area contributed by atoms with E-state index in [2.05, 4.69) is 24.3 Å². The number of hydrogen-bond acceptors (Lipinski definition) is 4. The van der Waals surface area contributed by atoms with Gasteiger partial charge in [-0.2, -0.15) is 0 Å². The second-order valence-corrected chi connectivity index (χ2v) is 7.50. The van der Waals surface area contributed by atoms with Crippen molar-refractivity contribution in [3.05, 3.63) is 48.3 Å². The summed E-state index contributed by atoms with van der Waals surface area (Å²) in [6.07, 6.45) is 9.28. The van der Waals surface area contributed by atoms with Crippen molar-refractivity contribution in [2.75, 3.05) is 19.6 Å². The fourth-order valence-electron chi connectivity index (χ4n) is 4.39. The van der Waals surface area contributed by atoms with Crippen molar-refractivity contribution in [2.24, 2.45) is 13.0 Å². The Kier molecular flexibility index (Phi) is 5.02. The summed E-state index contributed by atoms with van der Waals surface area (Å²) in [7, 11) is 2.05. The van der Waals surface area contributed by atoms with E-state index in [9.17, 15) is 4.79 Å². The van der Waals surface area contributed by atoms with Crippen LogP contribution in [0.15, 0.2) is 36.8 Å². The van der Waals surface area contributed by atoms with Crippen LogP contribution in [-0.2, 0) is 24.8 Å². The fourth-order valence-corrected chi connectivity index (χ4v) is 4.39. The Labute approximate surface area is 154 Å². The number of nitrogens with zero attached hydrogens (tertiary/aromatic N) is 5. The van der Waals surface area contributed by atoms with E-state index >= 15 is 0 Å². The number of aryl methyl sites for hydroxylation is 1. The molecule has 0 N–H and O–H groups in total. The van der Waals surface area contributed by atoms with Crippen LogP contribution >= 0.6 is 0 Å². The highest BCUT2D eigenvalue weighted by Gasteiger charge is 2.39. The van der Waals surface area contributed by atoms with Crippen LogP contribution in [0.1, 0.15) is 30.8 Å². The second kappa shape index (κ2) is 7.58. The molecular weight excluding hydrogens is 326 g/mol. The maximum atomic E-state index is 12.5. The van der Waals surface area contributed by atoms with E-state index in [0.29, 0.717) is 24.3 Å². The number of aromatic nitrogens is 3. The first-order valence-corrected chi connectivity index (χ1v) is 9.58. The average molecular weight is 353 g/mol. The van der Waals surface area contributed by atoms with Crippen LogP contribution in [0.25, 0.3) is 0 Å². The Bertz CT molecular complexity index is 744. The molecule has 4 rings (SSSR count). The predicted octanol–water partition coefficient (Wildman–Crippen LogP) is 1.87. The summed E-state index contributed by atoms with van der Waals surface area (Å²) in [6.45, 7) is 3.78. The van der Waals surface area contributed by atoms with Gasteiger partial charge in [-0.1, -0.05) is 6.07 Å². The average Bonchev–Trinajstić information content (AvgIpc) is 3.06. The largest absolute Gasteiger partial charge is 0.339 e. The number of carbonyl (C=O) groups is 1. The van der Waals surface area contributed by atoms with Gasteiger partial charge in [-0.25, -0.2) is 4.98 Å². The molecule has 6 nitrogen and oxygen atoms in total. The van der Waals surface area contributed by atoms with E-state index < -0.39 is 0 Å². The van der Waals surface area contributed by atoms with Gasteiger partial charge in [0, 0.05) is 69.8 Å². The maximum absolute atomic E-state index is 12.5. The zero-order valence-corrected chi connectivity index (χ0v) is 15.4. The number of imidazole rings is 1. The molecule has 0 spiro atoms. The topological polar surface area (TPSA) is 54.3 Å². The molecule has 0 bridgehead atoms. The molecule has 2 aliphatic rings. The summed E-state index contributed by atoms with van der Waals surface area (Å²) in [5, 5.41) is 0. The summed E-state index contributed by atoms with van der Waals surface area (Å²) < 4.78 is 2.09. The van der Waals surface area contributed by atoms with Crippen LogP contribution in [0.4, 0.5) is 0 Å². The number of fused-ring (bicyclic) bond motifs is 1. The van der Waals surface area contributed by atoms with Gasteiger partial charge in [0.2, 0.25) is 5.91 Å². The molecule has 6 heteroatoms. The lowest BCUT2D eigenvalue weighted by molar-refractivity contribution is -0.141. The highest BCUT2D eigenvalue weighted by Crippen LogP contribution is 2.31. The van der Waals surface area contributed by atoms with Crippen LogP contribution in [0.2, 0.25) is 0 Å². The first-order chi connectivity index (χ1) is 12.7. The molecule has 1 amide bonds. The standard InChI is InChI=1S/C20H27N5O/c1-23-13-10-22-19(23)15-24-11-8-18-16(14-24)5-6-20(26)25(18)12-7-17-4-2-3-9-21-17/h2-4,9-10,13,16,18H,5-8,11-12,14-15H2,1H3/t16-,18+/m0/s1. The zero-order valence-electron chi connectivity index (χ0n) is 15.4. The molecule has 4 heterocycles. The summed E-state index contributed by atoms with van der Waals surface area (Å²) in [5.74, 6) is 2.01. The first kappa shape index (κ1) is 17.2. The predicted molar refractivity (Wildman–Crippen MR) is 99.3 cm³/mol. The van der Waals surface area contributed by atoms with Gasteiger partial charge < -0.3 is 9.47 Å². The van der Waals surface area contributed by atoms with Crippen LogP contribution in [0, 0.1) is 5.92 Å². The molecule has 2 fully saturated rings. The maximum Gasteiger partial charge on any atom is 0.222 e. The van der Waals surface area contributed by atoms with E-state index in [-0.39, 0.29) is 0 Å². The lowest BCUT2D eigenvalue weighted by atomic mass is 9.83. The monoisotopic (exact) mass is 353 g/mol. The molecule has 2 aromatic heterocycles. The van der Waals surface area contributed by atoms with E-state index in [0.717, 1.165) is 57.0 Å². The third kappa shape index (κ3) is 3.65. The molecule has 0 saturated carbocycles. The van der Waals surface area contributed by atoms with Crippen LogP contribution in [-0.4, -0.2) is 55.9 Å².